The van der Waals surface area contributed by atoms with Crippen molar-refractivity contribution in [3.63, 3.8) is 0 Å². The molecule has 0 heterocycles. The molecule has 0 saturated heterocycles. The van der Waals surface area contributed by atoms with Crippen LogP contribution in [0.4, 0.5) is 5.69 Å². The number of rotatable bonds is 4. The molecule has 0 saturated carbocycles. The monoisotopic (exact) mass is 326 g/mol. The number of hydrogen-bond donors (Lipinski definition) is 0. The highest BCUT2D eigenvalue weighted by Crippen LogP contribution is 2.42. The maximum absolute atomic E-state index is 11.8. The molecule has 2 rings (SSSR count). The maximum atomic E-state index is 11.8. The van der Waals surface area contributed by atoms with Crippen LogP contribution in [0.25, 0.3) is 0 Å². The van der Waals surface area contributed by atoms with E-state index in [4.69, 9.17) is 4.43 Å². The van der Waals surface area contributed by atoms with Crippen molar-refractivity contribution in [1.82, 2.24) is 0 Å². The minimum atomic E-state index is -0.970. The summed E-state index contributed by atoms with van der Waals surface area (Å²) in [5, 5.41) is 11.8. The number of benzene rings is 2. The fourth-order valence-corrected chi connectivity index (χ4v) is 2.98. The van der Waals surface area contributed by atoms with Crippen LogP contribution in [0.15, 0.2) is 48.5 Å². The van der Waals surface area contributed by atoms with Crippen molar-refractivity contribution < 1.29 is 9.35 Å². The van der Waals surface area contributed by atoms with Gasteiger partial charge in [0.05, 0.1) is 10.5 Å². The van der Waals surface area contributed by atoms with Gasteiger partial charge in [0.25, 0.3) is 5.69 Å². The Labute approximate surface area is 140 Å². The second kappa shape index (κ2) is 6.26. The Morgan fingerprint density at radius 2 is 1.52 bits per heavy atom. The van der Waals surface area contributed by atoms with Crippen molar-refractivity contribution in [2.24, 2.45) is 0 Å². The first-order chi connectivity index (χ1) is 10.7. The summed E-state index contributed by atoms with van der Waals surface area (Å²) >= 11 is 0. The van der Waals surface area contributed by atoms with Crippen LogP contribution in [0, 0.1) is 10.1 Å². The van der Waals surface area contributed by atoms with Gasteiger partial charge in [-0.1, -0.05) is 63.2 Å². The van der Waals surface area contributed by atoms with E-state index in [2.05, 4.69) is 10.5 Å². The Morgan fingerprint density at radius 3 is 2.00 bits per heavy atom. The summed E-state index contributed by atoms with van der Waals surface area (Å²) in [4.78, 5) is 11.5. The number of para-hydroxylation sites is 1. The van der Waals surface area contributed by atoms with Crippen molar-refractivity contribution in [2.45, 2.75) is 38.7 Å². The van der Waals surface area contributed by atoms with E-state index in [9.17, 15) is 10.1 Å². The van der Waals surface area contributed by atoms with Crippen LogP contribution in [0.5, 0.6) is 0 Å². The van der Waals surface area contributed by atoms with Crippen LogP contribution in [-0.4, -0.2) is 15.4 Å². The number of hydrogen-bond acceptors (Lipinski definition) is 3. The molecule has 0 spiro atoms. The van der Waals surface area contributed by atoms with Crippen LogP contribution in [0.1, 0.15) is 44.4 Å². The summed E-state index contributed by atoms with van der Waals surface area (Å²) in [5.74, 6) is 0. The summed E-state index contributed by atoms with van der Waals surface area (Å²) in [6.45, 7) is 7.72. The van der Waals surface area contributed by atoms with E-state index in [-0.39, 0.29) is 16.0 Å². The van der Waals surface area contributed by atoms with Gasteiger partial charge in [-0.3, -0.25) is 10.1 Å². The van der Waals surface area contributed by atoms with E-state index in [1.54, 1.807) is 12.1 Å². The molecule has 0 aliphatic heterocycles. The molecule has 3 radical (unpaired) electrons. The van der Waals surface area contributed by atoms with Crippen LogP contribution < -0.4 is 0 Å². The molecule has 1 atom stereocenters. The molecule has 0 amide bonds. The largest absolute Gasteiger partial charge is 0.405 e. The van der Waals surface area contributed by atoms with Gasteiger partial charge in [-0.25, -0.2) is 0 Å². The molecule has 119 valence electrons. The van der Waals surface area contributed by atoms with E-state index in [0.717, 1.165) is 5.56 Å². The predicted molar refractivity (Wildman–Crippen MR) is 91.5 cm³/mol. The summed E-state index contributed by atoms with van der Waals surface area (Å²) in [6, 6.07) is 14.9. The molecule has 2 aromatic rings. The Bertz CT molecular complexity index is 710. The van der Waals surface area contributed by atoms with Crippen molar-refractivity contribution in [2.75, 3.05) is 0 Å². The first kappa shape index (κ1) is 17.4. The summed E-state index contributed by atoms with van der Waals surface area (Å²) < 4.78 is 5.57. The molecule has 0 aliphatic rings. The third-order valence-corrected chi connectivity index (χ3v) is 4.48. The maximum Gasteiger partial charge on any atom is 0.279 e. The van der Waals surface area contributed by atoms with Crippen molar-refractivity contribution in [3.05, 3.63) is 75.3 Å². The third-order valence-electron chi connectivity index (χ3n) is 4.07. The molecule has 5 heteroatoms. The van der Waals surface area contributed by atoms with Gasteiger partial charge in [0.15, 0.2) is 0 Å². The van der Waals surface area contributed by atoms with Gasteiger partial charge >= 0.3 is 0 Å². The lowest BCUT2D eigenvalue weighted by Gasteiger charge is -2.31. The van der Waals surface area contributed by atoms with E-state index in [1.165, 1.54) is 0 Å². The van der Waals surface area contributed by atoms with Gasteiger partial charge in [0.2, 0.25) is 10.5 Å². The molecule has 0 fully saturated rings. The fourth-order valence-electron chi connectivity index (χ4n) is 2.76. The van der Waals surface area contributed by atoms with Crippen LogP contribution in [-0.2, 0) is 15.4 Å². The van der Waals surface area contributed by atoms with Crippen molar-refractivity contribution in [3.8, 4) is 0 Å². The van der Waals surface area contributed by atoms with E-state index < -0.39 is 5.60 Å². The SMILES string of the molecule is CC(C)(C)c1cccc(C(C)(O[Si])c2ccccc2)c1[N+](=O)[O-]. The molecule has 23 heavy (non-hydrogen) atoms. The van der Waals surface area contributed by atoms with E-state index in [0.29, 0.717) is 11.1 Å². The molecule has 0 aliphatic carbocycles. The topological polar surface area (TPSA) is 52.4 Å². The molecule has 4 nitrogen and oxygen atoms in total. The summed E-state index contributed by atoms with van der Waals surface area (Å²) in [6.07, 6.45) is 0. The average Bonchev–Trinajstić information content (AvgIpc) is 2.53. The van der Waals surface area contributed by atoms with Crippen LogP contribution in [0.3, 0.4) is 0 Å². The Kier molecular flexibility index (Phi) is 4.73. The number of nitro benzene ring substituents is 1. The first-order valence-corrected chi connectivity index (χ1v) is 7.81. The highest BCUT2D eigenvalue weighted by atomic mass is 28.2. The predicted octanol–water partition coefficient (Wildman–Crippen LogP) is 4.26. The zero-order valence-electron chi connectivity index (χ0n) is 13.8. The molecule has 2 aromatic carbocycles. The lowest BCUT2D eigenvalue weighted by Crippen LogP contribution is -2.29. The normalized spacial score (nSPS) is 14.3. The highest BCUT2D eigenvalue weighted by molar-refractivity contribution is 5.98. The second-order valence-corrected chi connectivity index (χ2v) is 6.91. The number of nitrogens with zero attached hydrogens (tertiary/aromatic N) is 1. The Balaban J connectivity index is 2.79. The van der Waals surface area contributed by atoms with E-state index in [1.807, 2.05) is 64.1 Å². The van der Waals surface area contributed by atoms with Crippen LogP contribution in [0.2, 0.25) is 0 Å². The molecular formula is C18H20NO3Si. The van der Waals surface area contributed by atoms with Crippen molar-refractivity contribution >= 4 is 16.2 Å². The zero-order chi connectivity index (χ0) is 17.3. The second-order valence-electron chi connectivity index (χ2n) is 6.71. The van der Waals surface area contributed by atoms with Gasteiger partial charge < -0.3 is 4.43 Å². The smallest absolute Gasteiger partial charge is 0.279 e. The highest BCUT2D eigenvalue weighted by Gasteiger charge is 2.38. The molecule has 0 bridgehead atoms. The average molecular weight is 326 g/mol. The van der Waals surface area contributed by atoms with Crippen molar-refractivity contribution in [1.29, 1.82) is 0 Å². The van der Waals surface area contributed by atoms with Gasteiger partial charge in [0, 0.05) is 5.56 Å². The minimum Gasteiger partial charge on any atom is -0.405 e. The lowest BCUT2D eigenvalue weighted by atomic mass is 9.80. The molecule has 0 N–H and O–H groups in total. The van der Waals surface area contributed by atoms with Gasteiger partial charge in [-0.05, 0) is 24.0 Å². The van der Waals surface area contributed by atoms with Crippen LogP contribution >= 0.6 is 0 Å². The Hall–Kier alpha value is -1.98. The quantitative estimate of drug-likeness (QED) is 0.479. The third kappa shape index (κ3) is 3.21. The zero-order valence-corrected chi connectivity index (χ0v) is 14.8. The Morgan fingerprint density at radius 1 is 0.957 bits per heavy atom. The fraction of sp³-hybridized carbons (Fsp3) is 0.333. The number of nitro groups is 1. The molecular weight excluding hydrogens is 306 g/mol. The summed E-state index contributed by atoms with van der Waals surface area (Å²) in [5.41, 5.74) is 0.833. The minimum absolute atomic E-state index is 0.101. The van der Waals surface area contributed by atoms with E-state index >= 15 is 0 Å². The first-order valence-electron chi connectivity index (χ1n) is 7.40. The van der Waals surface area contributed by atoms with Gasteiger partial charge in [-0.2, -0.15) is 0 Å². The van der Waals surface area contributed by atoms with Gasteiger partial charge in [0.1, 0.15) is 5.60 Å². The standard InChI is InChI=1S/C18H20NO3Si/c1-17(2,3)14-11-8-12-15(16(14)19(20)21)18(4,22-23)13-9-6-5-7-10-13/h5-12H,1-4H3. The molecule has 1 unspecified atom stereocenters. The molecule has 0 aromatic heterocycles. The van der Waals surface area contributed by atoms with Gasteiger partial charge in [-0.15, -0.1) is 0 Å². The summed E-state index contributed by atoms with van der Waals surface area (Å²) in [7, 11) is 3.14. The lowest BCUT2D eigenvalue weighted by molar-refractivity contribution is -0.387.